The van der Waals surface area contributed by atoms with Crippen LogP contribution in [0.3, 0.4) is 0 Å². The van der Waals surface area contributed by atoms with Crippen molar-refractivity contribution in [3.05, 3.63) is 34.9 Å². The summed E-state index contributed by atoms with van der Waals surface area (Å²) in [5.74, 6) is 0.0131. The molecule has 1 aromatic rings. The fourth-order valence-electron chi connectivity index (χ4n) is 2.33. The molecule has 1 heterocycles. The van der Waals surface area contributed by atoms with Gasteiger partial charge in [-0.1, -0.05) is 23.7 Å². The molecule has 0 saturated carbocycles. The molecule has 2 rings (SSSR count). The number of amides is 2. The lowest BCUT2D eigenvalue weighted by molar-refractivity contribution is -0.145. The highest BCUT2D eigenvalue weighted by Gasteiger charge is 2.26. The third-order valence-electron chi connectivity index (χ3n) is 3.52. The van der Waals surface area contributed by atoms with Gasteiger partial charge in [-0.25, -0.2) is 0 Å². The van der Waals surface area contributed by atoms with E-state index in [2.05, 4.69) is 5.32 Å². The summed E-state index contributed by atoms with van der Waals surface area (Å²) in [6.45, 7) is 2.50. The molecule has 1 aliphatic rings. The molecule has 1 aliphatic heterocycles. The van der Waals surface area contributed by atoms with Crippen molar-refractivity contribution in [2.45, 2.75) is 13.0 Å². The van der Waals surface area contributed by atoms with Crippen molar-refractivity contribution in [3.8, 4) is 0 Å². The van der Waals surface area contributed by atoms with Crippen LogP contribution in [0.2, 0.25) is 5.02 Å². The number of benzene rings is 1. The van der Waals surface area contributed by atoms with E-state index >= 15 is 0 Å². The average Bonchev–Trinajstić information content (AvgIpc) is 2.47. The van der Waals surface area contributed by atoms with E-state index in [9.17, 15) is 9.59 Å². The Morgan fingerprint density at radius 3 is 2.86 bits per heavy atom. The van der Waals surface area contributed by atoms with Crippen LogP contribution >= 0.6 is 11.6 Å². The normalized spacial score (nSPS) is 15.4. The molecule has 21 heavy (non-hydrogen) atoms. The van der Waals surface area contributed by atoms with Gasteiger partial charge in [-0.15, -0.1) is 0 Å². The van der Waals surface area contributed by atoms with Crippen LogP contribution < -0.4 is 5.32 Å². The summed E-state index contributed by atoms with van der Waals surface area (Å²) in [6, 6.07) is 7.49. The number of rotatable bonds is 5. The van der Waals surface area contributed by atoms with Crippen LogP contribution in [0.15, 0.2) is 24.3 Å². The predicted octanol–water partition coefficient (Wildman–Crippen LogP) is 1.12. The number of carbonyl (C=O) groups excluding carboxylic acids is 2. The summed E-state index contributed by atoms with van der Waals surface area (Å²) in [5.41, 5.74) is 1.01. The van der Waals surface area contributed by atoms with E-state index in [0.717, 1.165) is 5.56 Å². The van der Waals surface area contributed by atoms with Gasteiger partial charge in [0.05, 0.1) is 6.54 Å². The molecule has 0 aliphatic carbocycles. The van der Waals surface area contributed by atoms with Gasteiger partial charge < -0.3 is 15.1 Å². The summed E-state index contributed by atoms with van der Waals surface area (Å²) in [7, 11) is 1.81. The molecule has 0 atom stereocenters. The van der Waals surface area contributed by atoms with Crippen molar-refractivity contribution < 1.29 is 9.59 Å². The van der Waals surface area contributed by atoms with Gasteiger partial charge in [0.1, 0.15) is 0 Å². The Balaban J connectivity index is 1.89. The van der Waals surface area contributed by atoms with Crippen LogP contribution in [0, 0.1) is 0 Å². The van der Waals surface area contributed by atoms with Crippen molar-refractivity contribution in [1.82, 2.24) is 15.1 Å². The second kappa shape index (κ2) is 7.43. The topological polar surface area (TPSA) is 52.7 Å². The minimum Gasteiger partial charge on any atom is -0.335 e. The Labute approximate surface area is 129 Å². The molecule has 6 heteroatoms. The van der Waals surface area contributed by atoms with Crippen LogP contribution in [-0.2, 0) is 16.1 Å². The van der Waals surface area contributed by atoms with Crippen LogP contribution in [0.25, 0.3) is 0 Å². The number of hydrogen-bond donors (Lipinski definition) is 1. The number of piperazine rings is 1. The van der Waals surface area contributed by atoms with E-state index in [1.807, 2.05) is 24.3 Å². The monoisotopic (exact) mass is 309 g/mol. The third-order valence-corrected chi connectivity index (χ3v) is 3.76. The first-order chi connectivity index (χ1) is 10.1. The lowest BCUT2D eigenvalue weighted by Crippen LogP contribution is -2.52. The number of nitrogens with one attached hydrogen (secondary N) is 1. The van der Waals surface area contributed by atoms with Gasteiger partial charge in [-0.2, -0.15) is 0 Å². The zero-order chi connectivity index (χ0) is 15.2. The Morgan fingerprint density at radius 2 is 2.19 bits per heavy atom. The van der Waals surface area contributed by atoms with E-state index in [1.54, 1.807) is 16.8 Å². The first-order valence-corrected chi connectivity index (χ1v) is 7.42. The standard InChI is InChI=1S/C15H20ClN3O2/c1-17-6-5-14(20)19-8-7-18(15(21)11-19)10-12-3-2-4-13(16)9-12/h2-4,9,17H,5-8,10-11H2,1H3. The largest absolute Gasteiger partial charge is 0.335 e. The molecule has 2 amide bonds. The Hall–Kier alpha value is -1.59. The van der Waals surface area contributed by atoms with Crippen LogP contribution in [0.1, 0.15) is 12.0 Å². The van der Waals surface area contributed by atoms with Crippen LogP contribution in [0.5, 0.6) is 0 Å². The van der Waals surface area contributed by atoms with Gasteiger partial charge in [0.15, 0.2) is 0 Å². The highest BCUT2D eigenvalue weighted by Crippen LogP contribution is 2.14. The highest BCUT2D eigenvalue weighted by atomic mass is 35.5. The zero-order valence-corrected chi connectivity index (χ0v) is 12.9. The first kappa shape index (κ1) is 15.8. The highest BCUT2D eigenvalue weighted by molar-refractivity contribution is 6.30. The summed E-state index contributed by atoms with van der Waals surface area (Å²) in [5, 5.41) is 3.61. The number of nitrogens with zero attached hydrogens (tertiary/aromatic N) is 2. The lowest BCUT2D eigenvalue weighted by atomic mass is 10.2. The maximum atomic E-state index is 12.2. The molecule has 0 aromatic heterocycles. The summed E-state index contributed by atoms with van der Waals surface area (Å²) >= 11 is 5.95. The van der Waals surface area contributed by atoms with Crippen molar-refractivity contribution in [2.75, 3.05) is 33.2 Å². The minimum atomic E-state index is -0.0148. The second-order valence-electron chi connectivity index (χ2n) is 5.11. The minimum absolute atomic E-state index is 0.0148. The molecule has 0 spiro atoms. The average molecular weight is 310 g/mol. The van der Waals surface area contributed by atoms with Gasteiger partial charge in [-0.3, -0.25) is 9.59 Å². The second-order valence-corrected chi connectivity index (χ2v) is 5.55. The predicted molar refractivity (Wildman–Crippen MR) is 82.0 cm³/mol. The van der Waals surface area contributed by atoms with E-state index in [4.69, 9.17) is 11.6 Å². The van der Waals surface area contributed by atoms with Crippen LogP contribution in [-0.4, -0.2) is 54.8 Å². The fraction of sp³-hybridized carbons (Fsp3) is 0.467. The SMILES string of the molecule is CNCCC(=O)N1CCN(Cc2cccc(Cl)c2)C(=O)C1. The van der Waals surface area contributed by atoms with Crippen molar-refractivity contribution in [3.63, 3.8) is 0 Å². The maximum Gasteiger partial charge on any atom is 0.242 e. The van der Waals surface area contributed by atoms with Crippen LogP contribution in [0.4, 0.5) is 0 Å². The van der Waals surface area contributed by atoms with Gasteiger partial charge in [-0.05, 0) is 24.7 Å². The number of halogens is 1. The van der Waals surface area contributed by atoms with E-state index in [1.165, 1.54) is 0 Å². The van der Waals surface area contributed by atoms with Gasteiger partial charge in [0.25, 0.3) is 0 Å². The lowest BCUT2D eigenvalue weighted by Gasteiger charge is -2.34. The van der Waals surface area contributed by atoms with Crippen molar-refractivity contribution >= 4 is 23.4 Å². The van der Waals surface area contributed by atoms with E-state index in [0.29, 0.717) is 37.6 Å². The van der Waals surface area contributed by atoms with E-state index < -0.39 is 0 Å². The summed E-state index contributed by atoms with van der Waals surface area (Å²) < 4.78 is 0. The smallest absolute Gasteiger partial charge is 0.242 e. The quantitative estimate of drug-likeness (QED) is 0.887. The maximum absolute atomic E-state index is 12.2. The van der Waals surface area contributed by atoms with Gasteiger partial charge >= 0.3 is 0 Å². The van der Waals surface area contributed by atoms with Crippen molar-refractivity contribution in [2.24, 2.45) is 0 Å². The number of hydrogen-bond acceptors (Lipinski definition) is 3. The van der Waals surface area contributed by atoms with Gasteiger partial charge in [0, 0.05) is 37.6 Å². The molecular formula is C15H20ClN3O2. The third kappa shape index (κ3) is 4.44. The number of carbonyl (C=O) groups is 2. The molecule has 1 fully saturated rings. The van der Waals surface area contributed by atoms with E-state index in [-0.39, 0.29) is 18.4 Å². The zero-order valence-electron chi connectivity index (χ0n) is 12.1. The Morgan fingerprint density at radius 1 is 1.38 bits per heavy atom. The van der Waals surface area contributed by atoms with Gasteiger partial charge in [0.2, 0.25) is 11.8 Å². The Kier molecular flexibility index (Phi) is 5.59. The molecule has 1 N–H and O–H groups in total. The fourth-order valence-corrected chi connectivity index (χ4v) is 2.55. The molecular weight excluding hydrogens is 290 g/mol. The molecule has 1 saturated heterocycles. The molecule has 0 bridgehead atoms. The summed E-state index contributed by atoms with van der Waals surface area (Å²) in [6.07, 6.45) is 0.429. The first-order valence-electron chi connectivity index (χ1n) is 7.04. The van der Waals surface area contributed by atoms with Crippen molar-refractivity contribution in [1.29, 1.82) is 0 Å². The molecule has 0 radical (unpaired) electrons. The molecule has 114 valence electrons. The molecule has 1 aromatic carbocycles. The molecule has 0 unspecified atom stereocenters. The Bertz CT molecular complexity index is 521. The molecule has 5 nitrogen and oxygen atoms in total. The summed E-state index contributed by atoms with van der Waals surface area (Å²) in [4.78, 5) is 27.5.